The van der Waals surface area contributed by atoms with Gasteiger partial charge in [-0.15, -0.1) is 0 Å². The standard InChI is InChI=1S/C27H44N7O17P3S/c1-15(2)5-6-18(36)55-10-9-29-17(35)7-8-30-25(39)22(38)27(3,4)12-48-54(45,46)51-53(43,44)47-11-16-21(50-52(40,41)42)20(37)26(49-16)34-14-33-19-23(28)31-13-32-24(19)34/h5-6,13-16,20-22,26,37-38H,7-12H2,1-4H3,(H,29,35)(H,30,39)(H,43,44)(H,45,46)(H2,28,31,32)(H2,40,41,42)/t16-,20-,21-,22?,26-/m1/s1. The van der Waals surface area contributed by atoms with E-state index in [4.69, 9.17) is 19.5 Å². The topological polar surface area (TPSA) is 364 Å². The van der Waals surface area contributed by atoms with Crippen LogP contribution < -0.4 is 16.4 Å². The number of anilines is 1. The summed E-state index contributed by atoms with van der Waals surface area (Å²) < 4.78 is 62.0. The Balaban J connectivity index is 1.50. The van der Waals surface area contributed by atoms with Crippen LogP contribution in [0.15, 0.2) is 24.8 Å². The minimum Gasteiger partial charge on any atom is -0.386 e. The number of phosphoric acid groups is 3. The van der Waals surface area contributed by atoms with Crippen molar-refractivity contribution in [2.24, 2.45) is 11.3 Å². The smallest absolute Gasteiger partial charge is 0.386 e. The fourth-order valence-electron chi connectivity index (χ4n) is 4.60. The van der Waals surface area contributed by atoms with Gasteiger partial charge in [0, 0.05) is 30.7 Å². The minimum atomic E-state index is -5.57. The van der Waals surface area contributed by atoms with Crippen LogP contribution in [0.25, 0.3) is 11.2 Å². The Bertz CT molecular complexity index is 1840. The van der Waals surface area contributed by atoms with E-state index in [2.05, 4.69) is 34.4 Å². The van der Waals surface area contributed by atoms with E-state index in [1.165, 1.54) is 19.9 Å². The maximum atomic E-state index is 12.7. The molecule has 7 atom stereocenters. The lowest BCUT2D eigenvalue weighted by atomic mass is 9.87. The molecule has 1 aliphatic rings. The van der Waals surface area contributed by atoms with Crippen molar-refractivity contribution in [1.82, 2.24) is 30.2 Å². The van der Waals surface area contributed by atoms with E-state index in [1.807, 2.05) is 13.8 Å². The number of nitrogens with zero attached hydrogens (tertiary/aromatic N) is 4. The Morgan fingerprint density at radius 2 is 1.75 bits per heavy atom. The first-order valence-corrected chi connectivity index (χ1v) is 21.7. The summed E-state index contributed by atoms with van der Waals surface area (Å²) in [5.41, 5.74) is 4.26. The Hall–Kier alpha value is -2.70. The lowest BCUT2D eigenvalue weighted by molar-refractivity contribution is -0.137. The molecule has 1 fully saturated rings. The Kier molecular flexibility index (Phi) is 16.7. The number of carbonyl (C=O) groups excluding carboxylic acids is 3. The molecule has 24 nitrogen and oxygen atoms in total. The summed E-state index contributed by atoms with van der Waals surface area (Å²) in [6.45, 7) is 4.33. The van der Waals surface area contributed by atoms with E-state index in [-0.39, 0.29) is 47.5 Å². The molecular formula is C27H44N7O17P3S. The van der Waals surface area contributed by atoms with E-state index in [9.17, 15) is 57.9 Å². The molecule has 0 bridgehead atoms. The maximum absolute atomic E-state index is 12.7. The number of carbonyl (C=O) groups is 3. The van der Waals surface area contributed by atoms with Gasteiger partial charge in [-0.25, -0.2) is 28.6 Å². The van der Waals surface area contributed by atoms with Crippen molar-refractivity contribution in [1.29, 1.82) is 0 Å². The summed E-state index contributed by atoms with van der Waals surface area (Å²) in [6, 6.07) is 0. The van der Waals surface area contributed by atoms with Gasteiger partial charge in [0.05, 0.1) is 19.5 Å². The van der Waals surface area contributed by atoms with Crippen molar-refractivity contribution in [3.05, 3.63) is 24.8 Å². The summed E-state index contributed by atoms with van der Waals surface area (Å²) in [5, 5.41) is 26.2. The first kappa shape index (κ1) is 46.7. The number of aliphatic hydroxyl groups excluding tert-OH is 2. The number of ether oxygens (including phenoxy) is 1. The number of phosphoric ester groups is 3. The van der Waals surface area contributed by atoms with Gasteiger partial charge in [0.25, 0.3) is 0 Å². The zero-order chi connectivity index (χ0) is 41.4. The fourth-order valence-corrected chi connectivity index (χ4v) is 8.01. The van der Waals surface area contributed by atoms with E-state index in [0.717, 1.165) is 29.0 Å². The Labute approximate surface area is 318 Å². The van der Waals surface area contributed by atoms with Crippen LogP contribution in [-0.2, 0) is 50.7 Å². The van der Waals surface area contributed by atoms with Crippen LogP contribution in [0.3, 0.4) is 0 Å². The highest BCUT2D eigenvalue weighted by Gasteiger charge is 2.50. The summed E-state index contributed by atoms with van der Waals surface area (Å²) in [5.74, 6) is -0.911. The second-order valence-corrected chi connectivity index (χ2v) is 18.2. The average Bonchev–Trinajstić information content (AvgIpc) is 3.63. The SMILES string of the molecule is CC(C)C=CC(=O)SCCNC(=O)CCNC(=O)C(O)C(C)(C)COP(=O)(O)OP(=O)(O)OC[C@H]1O[C@@H](n2cnc3c(N)ncnc32)[C@H](O)[C@@H]1OP(=O)(O)O. The molecule has 310 valence electrons. The van der Waals surface area contributed by atoms with Gasteiger partial charge in [-0.2, -0.15) is 4.31 Å². The van der Waals surface area contributed by atoms with Crippen molar-refractivity contribution in [2.75, 3.05) is 37.8 Å². The van der Waals surface area contributed by atoms with Gasteiger partial charge in [0.1, 0.15) is 36.3 Å². The molecule has 0 spiro atoms. The van der Waals surface area contributed by atoms with E-state index in [1.54, 1.807) is 6.08 Å². The molecule has 0 aliphatic carbocycles. The van der Waals surface area contributed by atoms with Gasteiger partial charge in [0.15, 0.2) is 17.7 Å². The van der Waals surface area contributed by atoms with Crippen LogP contribution in [0.4, 0.5) is 5.82 Å². The third-order valence-corrected chi connectivity index (χ3v) is 11.3. The predicted molar refractivity (Wildman–Crippen MR) is 191 cm³/mol. The molecule has 10 N–H and O–H groups in total. The normalized spacial score (nSPS) is 22.1. The molecule has 3 unspecified atom stereocenters. The molecule has 55 heavy (non-hydrogen) atoms. The van der Waals surface area contributed by atoms with E-state index < -0.39 is 84.6 Å². The summed E-state index contributed by atoms with van der Waals surface area (Å²) in [6.07, 6.45) is -3.70. The molecule has 1 aliphatic heterocycles. The quantitative estimate of drug-likeness (QED) is 0.0448. The van der Waals surface area contributed by atoms with Crippen LogP contribution in [-0.4, -0.2) is 123 Å². The highest BCUT2D eigenvalue weighted by atomic mass is 32.2. The van der Waals surface area contributed by atoms with Gasteiger partial charge >= 0.3 is 23.5 Å². The zero-order valence-electron chi connectivity index (χ0n) is 29.8. The molecule has 2 aromatic heterocycles. The number of nitrogen functional groups attached to an aromatic ring is 1. The summed E-state index contributed by atoms with van der Waals surface area (Å²) in [4.78, 5) is 87.2. The second-order valence-electron chi connectivity index (χ2n) is 12.8. The lowest BCUT2D eigenvalue weighted by Gasteiger charge is -2.30. The number of rotatable bonds is 21. The molecule has 2 amide bonds. The number of fused-ring (bicyclic) bond motifs is 1. The maximum Gasteiger partial charge on any atom is 0.481 e. The monoisotopic (exact) mass is 863 g/mol. The van der Waals surface area contributed by atoms with Crippen LogP contribution in [0.5, 0.6) is 0 Å². The van der Waals surface area contributed by atoms with Crippen LogP contribution in [0.1, 0.15) is 40.3 Å². The third kappa shape index (κ3) is 14.6. The number of thioether (sulfide) groups is 1. The molecule has 0 radical (unpaired) electrons. The number of hydrogen-bond acceptors (Lipinski definition) is 18. The highest BCUT2D eigenvalue weighted by Crippen LogP contribution is 2.61. The van der Waals surface area contributed by atoms with Gasteiger partial charge in [0.2, 0.25) is 16.9 Å². The average molecular weight is 864 g/mol. The minimum absolute atomic E-state index is 0.0301. The Morgan fingerprint density at radius 3 is 2.40 bits per heavy atom. The Morgan fingerprint density at radius 1 is 1.07 bits per heavy atom. The van der Waals surface area contributed by atoms with Crippen LogP contribution in [0, 0.1) is 11.3 Å². The third-order valence-electron chi connectivity index (χ3n) is 7.36. The number of hydrogen-bond donors (Lipinski definition) is 9. The van der Waals surface area contributed by atoms with Gasteiger partial charge in [-0.1, -0.05) is 45.5 Å². The molecule has 3 heterocycles. The highest BCUT2D eigenvalue weighted by molar-refractivity contribution is 8.14. The largest absolute Gasteiger partial charge is 0.481 e. The number of nitrogens with two attached hydrogens (primary N) is 1. The number of imidazole rings is 1. The zero-order valence-corrected chi connectivity index (χ0v) is 33.3. The summed E-state index contributed by atoms with van der Waals surface area (Å²) >= 11 is 1.03. The molecule has 3 rings (SSSR count). The van der Waals surface area contributed by atoms with Crippen LogP contribution in [0.2, 0.25) is 0 Å². The lowest BCUT2D eigenvalue weighted by Crippen LogP contribution is -2.46. The van der Waals surface area contributed by atoms with Crippen molar-refractivity contribution in [3.8, 4) is 0 Å². The molecule has 2 aromatic rings. The number of nitrogens with one attached hydrogen (secondary N) is 2. The van der Waals surface area contributed by atoms with Crippen molar-refractivity contribution >= 4 is 69.1 Å². The van der Waals surface area contributed by atoms with Crippen molar-refractivity contribution in [2.45, 2.75) is 64.8 Å². The number of amides is 2. The van der Waals surface area contributed by atoms with Crippen molar-refractivity contribution < 1.29 is 80.5 Å². The van der Waals surface area contributed by atoms with E-state index >= 15 is 0 Å². The first-order valence-electron chi connectivity index (χ1n) is 16.2. The van der Waals surface area contributed by atoms with Gasteiger partial charge < -0.3 is 50.9 Å². The van der Waals surface area contributed by atoms with Crippen LogP contribution >= 0.6 is 35.2 Å². The predicted octanol–water partition coefficient (Wildman–Crippen LogP) is -0.123. The molecule has 1 saturated heterocycles. The van der Waals surface area contributed by atoms with E-state index in [0.29, 0.717) is 5.75 Å². The molecule has 0 aromatic carbocycles. The number of aromatic nitrogens is 4. The van der Waals surface area contributed by atoms with Gasteiger partial charge in [-0.05, 0) is 12.0 Å². The number of allylic oxidation sites excluding steroid dienone is 1. The molecular weight excluding hydrogens is 819 g/mol. The molecule has 0 saturated carbocycles. The van der Waals surface area contributed by atoms with Crippen molar-refractivity contribution in [3.63, 3.8) is 0 Å². The number of aliphatic hydroxyl groups is 2. The first-order chi connectivity index (χ1) is 25.4. The second kappa shape index (κ2) is 19.6. The van der Waals surface area contributed by atoms with Gasteiger partial charge in [-0.3, -0.25) is 32.5 Å². The fraction of sp³-hybridized carbons (Fsp3) is 0.630. The summed E-state index contributed by atoms with van der Waals surface area (Å²) in [7, 11) is -16.4. The molecule has 28 heteroatoms.